The van der Waals surface area contributed by atoms with Crippen molar-refractivity contribution in [1.29, 1.82) is 0 Å². The maximum atomic E-state index is 13.4. The van der Waals surface area contributed by atoms with Gasteiger partial charge in [-0.15, -0.1) is 0 Å². The second-order valence-electron chi connectivity index (χ2n) is 4.26. The summed E-state index contributed by atoms with van der Waals surface area (Å²) in [7, 11) is 0. The zero-order valence-electron chi connectivity index (χ0n) is 10.0. The Labute approximate surface area is 109 Å². The minimum absolute atomic E-state index is 0.0680. The van der Waals surface area contributed by atoms with Crippen LogP contribution >= 0.6 is 0 Å². The quantitative estimate of drug-likeness (QED) is 0.647. The van der Waals surface area contributed by atoms with E-state index in [2.05, 4.69) is 4.98 Å². The van der Waals surface area contributed by atoms with Crippen molar-refractivity contribution in [2.45, 2.75) is 0 Å². The van der Waals surface area contributed by atoms with Crippen molar-refractivity contribution in [3.8, 4) is 11.1 Å². The summed E-state index contributed by atoms with van der Waals surface area (Å²) in [5, 5.41) is 2.04. The minimum Gasteiger partial charge on any atom is -0.298 e. The molecule has 2 aromatic carbocycles. The highest BCUT2D eigenvalue weighted by atomic mass is 19.1. The lowest BCUT2D eigenvalue weighted by atomic mass is 9.98. The van der Waals surface area contributed by atoms with Gasteiger partial charge in [-0.1, -0.05) is 24.3 Å². The molecule has 0 saturated heterocycles. The molecule has 0 aliphatic rings. The number of benzene rings is 2. The molecule has 0 unspecified atom stereocenters. The van der Waals surface area contributed by atoms with Crippen LogP contribution in [0.15, 0.2) is 54.9 Å². The summed E-state index contributed by atoms with van der Waals surface area (Å²) in [5.41, 5.74) is 1.81. The van der Waals surface area contributed by atoms with Gasteiger partial charge in [0.15, 0.2) is 6.29 Å². The zero-order chi connectivity index (χ0) is 13.2. The first kappa shape index (κ1) is 11.5. The van der Waals surface area contributed by atoms with Gasteiger partial charge in [-0.05, 0) is 34.7 Å². The van der Waals surface area contributed by atoms with Crippen LogP contribution in [0, 0.1) is 5.82 Å². The molecule has 0 fully saturated rings. The van der Waals surface area contributed by atoms with Crippen LogP contribution in [0.5, 0.6) is 0 Å². The molecule has 1 heterocycles. The van der Waals surface area contributed by atoms with E-state index in [1.807, 2.05) is 24.3 Å². The molecule has 0 spiro atoms. The summed E-state index contributed by atoms with van der Waals surface area (Å²) >= 11 is 0. The van der Waals surface area contributed by atoms with Gasteiger partial charge in [-0.25, -0.2) is 4.39 Å². The third-order valence-corrected chi connectivity index (χ3v) is 3.12. The van der Waals surface area contributed by atoms with E-state index < -0.39 is 5.82 Å². The van der Waals surface area contributed by atoms with E-state index in [4.69, 9.17) is 0 Å². The molecule has 3 heteroatoms. The molecule has 92 valence electrons. The van der Waals surface area contributed by atoms with Crippen LogP contribution in [0.25, 0.3) is 21.9 Å². The molecule has 0 bridgehead atoms. The summed E-state index contributed by atoms with van der Waals surface area (Å²) in [6.07, 6.45) is 4.03. The predicted octanol–water partition coefficient (Wildman–Crippen LogP) is 3.85. The van der Waals surface area contributed by atoms with Crippen LogP contribution < -0.4 is 0 Å². The van der Waals surface area contributed by atoms with Crippen LogP contribution in [0.1, 0.15) is 10.4 Å². The monoisotopic (exact) mass is 251 g/mol. The maximum absolute atomic E-state index is 13.4. The number of carbonyl (C=O) groups excluding carboxylic acids is 1. The number of fused-ring (bicyclic) bond motifs is 1. The first-order valence-electron chi connectivity index (χ1n) is 5.87. The summed E-state index contributed by atoms with van der Waals surface area (Å²) in [6, 6.07) is 12.3. The second-order valence-corrected chi connectivity index (χ2v) is 4.26. The van der Waals surface area contributed by atoms with Gasteiger partial charge < -0.3 is 0 Å². The van der Waals surface area contributed by atoms with Crippen LogP contribution in [0.2, 0.25) is 0 Å². The SMILES string of the molecule is O=Cc1cc(-c2cccc3ccncc23)ccc1F. The summed E-state index contributed by atoms with van der Waals surface area (Å²) < 4.78 is 13.4. The Balaban J connectivity index is 2.27. The van der Waals surface area contributed by atoms with Crippen molar-refractivity contribution in [3.05, 3.63) is 66.2 Å². The first-order chi connectivity index (χ1) is 9.29. The van der Waals surface area contributed by atoms with Crippen molar-refractivity contribution in [1.82, 2.24) is 4.98 Å². The molecule has 19 heavy (non-hydrogen) atoms. The van der Waals surface area contributed by atoms with Gasteiger partial charge in [-0.2, -0.15) is 0 Å². The highest BCUT2D eigenvalue weighted by Crippen LogP contribution is 2.28. The lowest BCUT2D eigenvalue weighted by Gasteiger charge is -2.07. The Morgan fingerprint density at radius 2 is 2.00 bits per heavy atom. The Hall–Kier alpha value is -2.55. The zero-order valence-corrected chi connectivity index (χ0v) is 10.0. The molecule has 0 amide bonds. The molecule has 0 N–H and O–H groups in total. The second kappa shape index (κ2) is 4.61. The number of aldehydes is 1. The number of rotatable bonds is 2. The van der Waals surface area contributed by atoms with Crippen molar-refractivity contribution < 1.29 is 9.18 Å². The molecule has 0 saturated carbocycles. The molecule has 0 aliphatic heterocycles. The van der Waals surface area contributed by atoms with Gasteiger partial charge in [0.2, 0.25) is 0 Å². The summed E-state index contributed by atoms with van der Waals surface area (Å²) in [4.78, 5) is 14.9. The first-order valence-corrected chi connectivity index (χ1v) is 5.87. The Bertz CT molecular complexity index is 762. The third-order valence-electron chi connectivity index (χ3n) is 3.12. The van der Waals surface area contributed by atoms with Crippen molar-refractivity contribution in [2.75, 3.05) is 0 Å². The van der Waals surface area contributed by atoms with Crippen LogP contribution in [-0.2, 0) is 0 Å². The van der Waals surface area contributed by atoms with Gasteiger partial charge in [-0.3, -0.25) is 9.78 Å². The van der Waals surface area contributed by atoms with Crippen molar-refractivity contribution in [3.63, 3.8) is 0 Å². The van der Waals surface area contributed by atoms with Crippen LogP contribution in [0.4, 0.5) is 4.39 Å². The number of halogens is 1. The van der Waals surface area contributed by atoms with Gasteiger partial charge >= 0.3 is 0 Å². The highest BCUT2D eigenvalue weighted by Gasteiger charge is 2.07. The maximum Gasteiger partial charge on any atom is 0.153 e. The largest absolute Gasteiger partial charge is 0.298 e. The number of nitrogens with zero attached hydrogens (tertiary/aromatic N) is 1. The molecule has 0 radical (unpaired) electrons. The van der Waals surface area contributed by atoms with E-state index in [1.165, 1.54) is 6.07 Å². The van der Waals surface area contributed by atoms with E-state index in [1.54, 1.807) is 24.5 Å². The number of aromatic nitrogens is 1. The normalized spacial score (nSPS) is 10.6. The molecule has 0 aliphatic carbocycles. The van der Waals surface area contributed by atoms with E-state index in [9.17, 15) is 9.18 Å². The number of pyridine rings is 1. The fraction of sp³-hybridized carbons (Fsp3) is 0. The predicted molar refractivity (Wildman–Crippen MR) is 72.5 cm³/mol. The molecule has 2 nitrogen and oxygen atoms in total. The van der Waals surface area contributed by atoms with Crippen molar-refractivity contribution >= 4 is 17.1 Å². The number of hydrogen-bond acceptors (Lipinski definition) is 2. The fourth-order valence-corrected chi connectivity index (χ4v) is 2.17. The van der Waals surface area contributed by atoms with E-state index >= 15 is 0 Å². The van der Waals surface area contributed by atoms with Gasteiger partial charge in [0, 0.05) is 17.8 Å². The Morgan fingerprint density at radius 3 is 2.84 bits per heavy atom. The number of hydrogen-bond donors (Lipinski definition) is 0. The molecular weight excluding hydrogens is 241 g/mol. The Kier molecular flexibility index (Phi) is 2.80. The molecular formula is C16H10FNO. The lowest BCUT2D eigenvalue weighted by Crippen LogP contribution is -1.89. The van der Waals surface area contributed by atoms with Crippen LogP contribution in [-0.4, -0.2) is 11.3 Å². The Morgan fingerprint density at radius 1 is 1.11 bits per heavy atom. The smallest absolute Gasteiger partial charge is 0.153 e. The average Bonchev–Trinajstić information content (AvgIpc) is 2.47. The third kappa shape index (κ3) is 1.99. The van der Waals surface area contributed by atoms with E-state index in [-0.39, 0.29) is 5.56 Å². The van der Waals surface area contributed by atoms with Gasteiger partial charge in [0.25, 0.3) is 0 Å². The highest BCUT2D eigenvalue weighted by molar-refractivity contribution is 5.96. The summed E-state index contributed by atoms with van der Waals surface area (Å²) in [6.45, 7) is 0. The van der Waals surface area contributed by atoms with Gasteiger partial charge in [0.05, 0.1) is 5.56 Å². The van der Waals surface area contributed by atoms with Gasteiger partial charge in [0.1, 0.15) is 5.82 Å². The number of carbonyl (C=O) groups is 1. The fourth-order valence-electron chi connectivity index (χ4n) is 2.17. The summed E-state index contributed by atoms with van der Waals surface area (Å²) in [5.74, 6) is -0.503. The topological polar surface area (TPSA) is 30.0 Å². The molecule has 1 aromatic heterocycles. The standard InChI is InChI=1S/C16H10FNO/c17-16-5-4-12(8-13(16)10-19)14-3-1-2-11-6-7-18-9-15(11)14/h1-10H. The van der Waals surface area contributed by atoms with Crippen LogP contribution in [0.3, 0.4) is 0 Å². The average molecular weight is 251 g/mol. The van der Waals surface area contributed by atoms with Crippen molar-refractivity contribution in [2.24, 2.45) is 0 Å². The van der Waals surface area contributed by atoms with E-state index in [0.29, 0.717) is 6.29 Å². The lowest BCUT2D eigenvalue weighted by molar-refractivity contribution is 0.112. The molecule has 3 aromatic rings. The van der Waals surface area contributed by atoms with E-state index in [0.717, 1.165) is 21.9 Å². The minimum atomic E-state index is -0.503. The molecule has 0 atom stereocenters. The molecule has 3 rings (SSSR count).